The van der Waals surface area contributed by atoms with Crippen molar-refractivity contribution < 1.29 is 24.0 Å². The summed E-state index contributed by atoms with van der Waals surface area (Å²) < 4.78 is 8.88. The normalized spacial score (nSPS) is 9.24. The second kappa shape index (κ2) is 11.5. The highest BCUT2D eigenvalue weighted by molar-refractivity contribution is 7.45. The molecular formula is C11H19O5P. The summed E-state index contributed by atoms with van der Waals surface area (Å²) in [6.07, 6.45) is 1.38. The van der Waals surface area contributed by atoms with E-state index >= 15 is 0 Å². The van der Waals surface area contributed by atoms with E-state index in [1.807, 2.05) is 50.2 Å². The van der Waals surface area contributed by atoms with Gasteiger partial charge in [-0.05, 0) is 0 Å². The molecule has 0 fully saturated rings. The molecule has 98 valence electrons. The largest absolute Gasteiger partial charge is 0.466 e. The third-order valence-corrected chi connectivity index (χ3v) is 1.46. The van der Waals surface area contributed by atoms with Gasteiger partial charge in [-0.2, -0.15) is 0 Å². The molecule has 0 aromatic heterocycles. The molecule has 0 saturated carbocycles. The fraction of sp³-hybridized carbons (Fsp3) is 0.364. The van der Waals surface area contributed by atoms with Crippen molar-refractivity contribution in [1.29, 1.82) is 0 Å². The van der Waals surface area contributed by atoms with Crippen LogP contribution in [0.3, 0.4) is 0 Å². The van der Waals surface area contributed by atoms with E-state index in [-0.39, 0.29) is 0 Å². The summed E-state index contributed by atoms with van der Waals surface area (Å²) in [7, 11) is -4.64. The molecule has 6 heteroatoms. The molecule has 0 atom stereocenters. The first-order valence-electron chi connectivity index (χ1n) is 5.11. The van der Waals surface area contributed by atoms with Crippen LogP contribution in [0, 0.1) is 0 Å². The zero-order chi connectivity index (χ0) is 13.7. The summed E-state index contributed by atoms with van der Waals surface area (Å²) >= 11 is 0. The van der Waals surface area contributed by atoms with Gasteiger partial charge in [0, 0.05) is 12.8 Å². The average molecular weight is 262 g/mol. The zero-order valence-electron chi connectivity index (χ0n) is 9.98. The number of rotatable bonds is 2. The first kappa shape index (κ1) is 18.4. The third kappa shape index (κ3) is 31.3. The van der Waals surface area contributed by atoms with Crippen LogP contribution in [-0.4, -0.2) is 20.5 Å². The Kier molecular flexibility index (Phi) is 12.4. The number of hydrogen-bond donors (Lipinski definition) is 3. The number of carbonyl (C=O) groups is 1. The molecule has 17 heavy (non-hydrogen) atoms. The second-order valence-corrected chi connectivity index (χ2v) is 3.94. The number of Topliss-reactive ketones (excluding diaryl/α,β-unsaturated/α-hetero) is 1. The Bertz CT molecular complexity index is 279. The van der Waals surface area contributed by atoms with E-state index in [4.69, 9.17) is 19.2 Å². The smallest absolute Gasteiger partial charge is 0.303 e. The molecule has 0 aliphatic rings. The highest BCUT2D eigenvalue weighted by Gasteiger charge is 2.00. The van der Waals surface area contributed by atoms with Gasteiger partial charge in [0.05, 0.1) is 0 Å². The van der Waals surface area contributed by atoms with E-state index in [1.54, 1.807) is 0 Å². The van der Waals surface area contributed by atoms with Crippen molar-refractivity contribution in [3.8, 4) is 0 Å². The van der Waals surface area contributed by atoms with Crippen LogP contribution in [0.2, 0.25) is 0 Å². The first-order chi connectivity index (χ1) is 7.81. The Hall–Kier alpha value is -1.00. The summed E-state index contributed by atoms with van der Waals surface area (Å²) in [6.45, 7) is 3.76. The van der Waals surface area contributed by atoms with Crippen molar-refractivity contribution >= 4 is 13.6 Å². The highest BCUT2D eigenvalue weighted by atomic mass is 31.2. The lowest BCUT2D eigenvalue weighted by Crippen LogP contribution is -1.88. The monoisotopic (exact) mass is 262 g/mol. The van der Waals surface area contributed by atoms with Crippen LogP contribution in [0.5, 0.6) is 0 Å². The van der Waals surface area contributed by atoms with Gasteiger partial charge in [-0.3, -0.25) is 4.79 Å². The molecule has 0 spiro atoms. The van der Waals surface area contributed by atoms with E-state index < -0.39 is 7.82 Å². The lowest BCUT2D eigenvalue weighted by atomic mass is 10.3. The summed E-state index contributed by atoms with van der Waals surface area (Å²) in [5.74, 6) is 0.343. The Balaban J connectivity index is 0. The van der Waals surface area contributed by atoms with Gasteiger partial charge >= 0.3 is 7.82 Å². The van der Waals surface area contributed by atoms with Gasteiger partial charge < -0.3 is 14.7 Å². The Labute approximate surface area is 101 Å². The van der Waals surface area contributed by atoms with E-state index in [9.17, 15) is 4.79 Å². The van der Waals surface area contributed by atoms with Crippen LogP contribution in [0.15, 0.2) is 36.4 Å². The highest BCUT2D eigenvalue weighted by Crippen LogP contribution is 2.25. The van der Waals surface area contributed by atoms with Crippen LogP contribution in [0.4, 0.5) is 0 Å². The molecule has 1 aromatic rings. The van der Waals surface area contributed by atoms with Crippen molar-refractivity contribution in [3.05, 3.63) is 36.4 Å². The molecule has 0 amide bonds. The molecule has 0 aliphatic carbocycles. The van der Waals surface area contributed by atoms with Crippen LogP contribution in [0.25, 0.3) is 0 Å². The van der Waals surface area contributed by atoms with Crippen molar-refractivity contribution in [2.45, 2.75) is 26.7 Å². The summed E-state index contributed by atoms with van der Waals surface area (Å²) in [6, 6.07) is 12.0. The summed E-state index contributed by atoms with van der Waals surface area (Å²) in [5.41, 5.74) is 0. The molecule has 0 unspecified atom stereocenters. The van der Waals surface area contributed by atoms with Crippen LogP contribution in [0.1, 0.15) is 26.7 Å². The van der Waals surface area contributed by atoms with E-state index in [1.165, 1.54) is 0 Å². The minimum absolute atomic E-state index is 0.343. The van der Waals surface area contributed by atoms with Gasteiger partial charge in [0.2, 0.25) is 0 Å². The van der Waals surface area contributed by atoms with Gasteiger partial charge in [0.25, 0.3) is 0 Å². The average Bonchev–Trinajstić information content (AvgIpc) is 2.29. The second-order valence-electron chi connectivity index (χ2n) is 2.91. The quantitative estimate of drug-likeness (QED) is 0.710. The first-order valence-corrected chi connectivity index (χ1v) is 6.67. The van der Waals surface area contributed by atoms with Crippen molar-refractivity contribution in [3.63, 3.8) is 0 Å². The van der Waals surface area contributed by atoms with Crippen LogP contribution in [-0.2, 0) is 9.36 Å². The SMILES string of the molecule is CCC(=O)CC.O=P(O)(O)O.c1ccccc1. The molecule has 0 saturated heterocycles. The number of carbonyl (C=O) groups excluding carboxylic acids is 1. The number of hydrogen-bond acceptors (Lipinski definition) is 2. The molecule has 0 radical (unpaired) electrons. The Morgan fingerprint density at radius 3 is 1.12 bits per heavy atom. The lowest BCUT2D eigenvalue weighted by molar-refractivity contribution is -0.118. The van der Waals surface area contributed by atoms with E-state index in [2.05, 4.69) is 0 Å². The fourth-order valence-corrected chi connectivity index (χ4v) is 0.635. The zero-order valence-corrected chi connectivity index (χ0v) is 10.9. The van der Waals surface area contributed by atoms with Gasteiger partial charge in [0.1, 0.15) is 5.78 Å². The Morgan fingerprint density at radius 1 is 0.882 bits per heavy atom. The maximum atomic E-state index is 10.2. The maximum Gasteiger partial charge on any atom is 0.466 e. The predicted molar refractivity (Wildman–Crippen MR) is 66.3 cm³/mol. The number of phosphoric acid groups is 1. The summed E-state index contributed by atoms with van der Waals surface area (Å²) in [4.78, 5) is 31.7. The molecule has 5 nitrogen and oxygen atoms in total. The molecular weight excluding hydrogens is 243 g/mol. The summed E-state index contributed by atoms with van der Waals surface area (Å²) in [5, 5.41) is 0. The molecule has 1 rings (SSSR count). The van der Waals surface area contributed by atoms with Gasteiger partial charge in [0.15, 0.2) is 0 Å². The minimum atomic E-state index is -4.64. The van der Waals surface area contributed by atoms with Crippen LogP contribution >= 0.6 is 7.82 Å². The predicted octanol–water partition coefficient (Wildman–Crippen LogP) is 2.13. The van der Waals surface area contributed by atoms with E-state index in [0.717, 1.165) is 0 Å². The number of ketones is 1. The minimum Gasteiger partial charge on any atom is -0.303 e. The maximum absolute atomic E-state index is 10.2. The van der Waals surface area contributed by atoms with Gasteiger partial charge in [-0.25, -0.2) is 4.57 Å². The number of benzene rings is 1. The Morgan fingerprint density at radius 2 is 1.06 bits per heavy atom. The third-order valence-electron chi connectivity index (χ3n) is 1.46. The molecule has 0 heterocycles. The van der Waals surface area contributed by atoms with Crippen LogP contribution < -0.4 is 0 Å². The topological polar surface area (TPSA) is 94.8 Å². The molecule has 0 bridgehead atoms. The molecule has 0 aliphatic heterocycles. The van der Waals surface area contributed by atoms with Crippen molar-refractivity contribution in [2.75, 3.05) is 0 Å². The fourth-order valence-electron chi connectivity index (χ4n) is 0.635. The van der Waals surface area contributed by atoms with Crippen molar-refractivity contribution in [1.82, 2.24) is 0 Å². The standard InChI is InChI=1S/C6H6.C5H10O.H3O4P/c1-2-4-6-5-3-1;1-3-5(6)4-2;1-5(2,3)4/h1-6H;3-4H2,1-2H3;(H3,1,2,3,4). The van der Waals surface area contributed by atoms with E-state index in [0.29, 0.717) is 18.6 Å². The van der Waals surface area contributed by atoms with Gasteiger partial charge in [-0.15, -0.1) is 0 Å². The molecule has 3 N–H and O–H groups in total. The lowest BCUT2D eigenvalue weighted by Gasteiger charge is -1.82. The molecule has 1 aromatic carbocycles. The van der Waals surface area contributed by atoms with Gasteiger partial charge in [-0.1, -0.05) is 50.2 Å². The van der Waals surface area contributed by atoms with Crippen molar-refractivity contribution in [2.24, 2.45) is 0 Å².